The fourth-order valence-corrected chi connectivity index (χ4v) is 7.07. The maximum absolute atomic E-state index is 13.1. The second-order valence-electron chi connectivity index (χ2n) is 6.82. The Morgan fingerprint density at radius 3 is 2.64 bits per heavy atom. The largest absolute Gasteiger partial charge is 0.417 e. The van der Waals surface area contributed by atoms with E-state index in [2.05, 4.69) is 0 Å². The van der Waals surface area contributed by atoms with Gasteiger partial charge in [-0.15, -0.1) is 0 Å². The van der Waals surface area contributed by atoms with Gasteiger partial charge in [-0.2, -0.15) is 18.4 Å². The van der Waals surface area contributed by atoms with Gasteiger partial charge < -0.3 is 0 Å². The van der Waals surface area contributed by atoms with Gasteiger partial charge in [0.2, 0.25) is 10.0 Å². The Hall–Kier alpha value is -2.08. The molecule has 3 fully saturated rings. The Balaban J connectivity index is 1.77. The Labute approximate surface area is 142 Å². The number of ketones is 1. The van der Waals surface area contributed by atoms with Gasteiger partial charge in [-0.3, -0.25) is 9.10 Å². The topological polar surface area (TPSA) is 78.2 Å². The molecule has 1 heterocycles. The molecule has 132 valence electrons. The number of fused-ring (bicyclic) bond motifs is 5. The maximum Gasteiger partial charge on any atom is 0.417 e. The Morgan fingerprint density at radius 2 is 2.00 bits per heavy atom. The van der Waals surface area contributed by atoms with Crippen LogP contribution in [0.15, 0.2) is 18.2 Å². The van der Waals surface area contributed by atoms with Gasteiger partial charge in [0.1, 0.15) is 5.78 Å². The number of carbonyl (C=O) groups excluding carboxylic acids is 1. The minimum Gasteiger partial charge on any atom is -0.299 e. The van der Waals surface area contributed by atoms with Crippen LogP contribution in [0.2, 0.25) is 0 Å². The third-order valence-electron chi connectivity index (χ3n) is 5.60. The van der Waals surface area contributed by atoms with E-state index in [1.807, 2.05) is 0 Å². The normalized spacial score (nSPS) is 32.7. The van der Waals surface area contributed by atoms with Gasteiger partial charge in [-0.1, -0.05) is 0 Å². The van der Waals surface area contributed by atoms with Crippen molar-refractivity contribution in [3.8, 4) is 6.07 Å². The highest BCUT2D eigenvalue weighted by atomic mass is 32.2. The first-order chi connectivity index (χ1) is 11.6. The van der Waals surface area contributed by atoms with Crippen molar-refractivity contribution in [1.29, 1.82) is 5.26 Å². The van der Waals surface area contributed by atoms with Gasteiger partial charge >= 0.3 is 6.18 Å². The minimum absolute atomic E-state index is 0.0113. The number of alkyl halides is 3. The van der Waals surface area contributed by atoms with E-state index >= 15 is 0 Å². The molecule has 2 aliphatic carbocycles. The summed E-state index contributed by atoms with van der Waals surface area (Å²) in [5.74, 6) is -0.835. The molecule has 9 heteroatoms. The number of hydrogen-bond acceptors (Lipinski definition) is 4. The van der Waals surface area contributed by atoms with E-state index < -0.39 is 38.5 Å². The van der Waals surface area contributed by atoms with E-state index in [0.717, 1.165) is 10.4 Å². The lowest BCUT2D eigenvalue weighted by Gasteiger charge is -2.22. The van der Waals surface area contributed by atoms with Crippen molar-refractivity contribution in [1.82, 2.24) is 0 Å². The highest BCUT2D eigenvalue weighted by Crippen LogP contribution is 2.54. The second-order valence-corrected chi connectivity index (χ2v) is 8.83. The van der Waals surface area contributed by atoms with Crippen LogP contribution in [0.5, 0.6) is 0 Å². The highest BCUT2D eigenvalue weighted by molar-refractivity contribution is 7.93. The molecule has 1 aliphatic heterocycles. The van der Waals surface area contributed by atoms with Crippen LogP contribution in [-0.2, 0) is 21.0 Å². The summed E-state index contributed by atoms with van der Waals surface area (Å²) in [6.45, 7) is 0.0879. The number of Topliss-reactive ketones (excluding diaryl/α,β-unsaturated/α-hetero) is 1. The second kappa shape index (κ2) is 4.97. The molecule has 2 bridgehead atoms. The summed E-state index contributed by atoms with van der Waals surface area (Å²) in [6, 6.07) is 4.39. The average Bonchev–Trinajstić information content (AvgIpc) is 3.15. The van der Waals surface area contributed by atoms with Crippen LogP contribution in [0.4, 0.5) is 18.9 Å². The van der Waals surface area contributed by atoms with E-state index in [1.165, 1.54) is 12.1 Å². The fourth-order valence-electron chi connectivity index (χ4n) is 4.56. The summed E-state index contributed by atoms with van der Waals surface area (Å²) in [5, 5.41) is 8.03. The molecule has 0 spiro atoms. The van der Waals surface area contributed by atoms with Crippen LogP contribution < -0.4 is 4.31 Å². The van der Waals surface area contributed by atoms with Crippen LogP contribution in [0.3, 0.4) is 0 Å². The zero-order valence-corrected chi connectivity index (χ0v) is 13.6. The van der Waals surface area contributed by atoms with Crippen molar-refractivity contribution in [2.24, 2.45) is 17.8 Å². The maximum atomic E-state index is 13.1. The van der Waals surface area contributed by atoms with Crippen molar-refractivity contribution in [2.45, 2.75) is 24.3 Å². The molecule has 0 amide bonds. The molecular formula is C16H13F3N2O3S. The highest BCUT2D eigenvalue weighted by Gasteiger charge is 2.63. The summed E-state index contributed by atoms with van der Waals surface area (Å²) in [5.41, 5.74) is -1.81. The lowest BCUT2D eigenvalue weighted by molar-refractivity contribution is -0.137. The number of hydrogen-bond donors (Lipinski definition) is 0. The summed E-state index contributed by atoms with van der Waals surface area (Å²) in [4.78, 5) is 11.9. The summed E-state index contributed by atoms with van der Waals surface area (Å²) in [6.07, 6.45) is -3.84. The SMILES string of the molecule is N#Cc1ccc(N2C[C@H]3[C@H]4CC(=O)[C@@H](C4)[C@H]3S2(=O)=O)cc1C(F)(F)F. The zero-order valence-electron chi connectivity index (χ0n) is 12.8. The molecule has 2 saturated carbocycles. The molecule has 5 nitrogen and oxygen atoms in total. The zero-order chi connectivity index (χ0) is 18.1. The number of anilines is 1. The molecule has 3 aliphatic rings. The smallest absolute Gasteiger partial charge is 0.299 e. The molecule has 0 N–H and O–H groups in total. The van der Waals surface area contributed by atoms with Gasteiger partial charge in [0.25, 0.3) is 0 Å². The van der Waals surface area contributed by atoms with E-state index in [1.54, 1.807) is 0 Å². The van der Waals surface area contributed by atoms with E-state index in [4.69, 9.17) is 5.26 Å². The Bertz CT molecular complexity index is 920. The number of sulfonamides is 1. The first kappa shape index (κ1) is 16.4. The first-order valence-corrected chi connectivity index (χ1v) is 9.30. The molecule has 1 aromatic carbocycles. The van der Waals surface area contributed by atoms with Crippen LogP contribution in [0, 0.1) is 29.1 Å². The molecule has 4 atom stereocenters. The third-order valence-corrected chi connectivity index (χ3v) is 7.94. The molecule has 0 radical (unpaired) electrons. The molecule has 25 heavy (non-hydrogen) atoms. The fraction of sp³-hybridized carbons (Fsp3) is 0.500. The lowest BCUT2D eigenvalue weighted by Crippen LogP contribution is -2.36. The summed E-state index contributed by atoms with van der Waals surface area (Å²) >= 11 is 0. The molecule has 4 rings (SSSR count). The molecular weight excluding hydrogens is 357 g/mol. The number of nitriles is 1. The van der Waals surface area contributed by atoms with Crippen molar-refractivity contribution in [3.05, 3.63) is 29.3 Å². The van der Waals surface area contributed by atoms with Crippen molar-refractivity contribution >= 4 is 21.5 Å². The quantitative estimate of drug-likeness (QED) is 0.760. The van der Waals surface area contributed by atoms with E-state index in [-0.39, 0.29) is 29.9 Å². The Kier molecular flexibility index (Phi) is 3.26. The van der Waals surface area contributed by atoms with Crippen molar-refractivity contribution < 1.29 is 26.4 Å². The number of carbonyl (C=O) groups is 1. The number of nitrogens with zero attached hydrogens (tertiary/aromatic N) is 2. The number of benzene rings is 1. The first-order valence-electron chi connectivity index (χ1n) is 7.80. The van der Waals surface area contributed by atoms with E-state index in [0.29, 0.717) is 18.9 Å². The Morgan fingerprint density at radius 1 is 1.28 bits per heavy atom. The monoisotopic (exact) mass is 370 g/mol. The predicted octanol–water partition coefficient (Wildman–Crippen LogP) is 2.32. The number of rotatable bonds is 1. The standard InChI is InChI=1S/C16H13F3N2O3S/c17-16(18,19)13-5-10(2-1-8(13)6-20)21-7-12-9-3-11(14(22)4-9)15(12)25(21,23)24/h1-2,5,9,11-12,15H,3-4,7H2/t9-,11-,12+,15-/m1/s1. The van der Waals surface area contributed by atoms with Crippen molar-refractivity contribution in [3.63, 3.8) is 0 Å². The summed E-state index contributed by atoms with van der Waals surface area (Å²) in [7, 11) is -3.90. The lowest BCUT2D eigenvalue weighted by atomic mass is 9.87. The van der Waals surface area contributed by atoms with Crippen molar-refractivity contribution in [2.75, 3.05) is 10.8 Å². The summed E-state index contributed by atoms with van der Waals surface area (Å²) < 4.78 is 66.1. The van der Waals surface area contributed by atoms with Gasteiger partial charge in [0.05, 0.1) is 28.1 Å². The minimum atomic E-state index is -4.75. The molecule has 0 unspecified atom stereocenters. The number of halogens is 3. The van der Waals surface area contributed by atoms with Crippen LogP contribution >= 0.6 is 0 Å². The van der Waals surface area contributed by atoms with Gasteiger partial charge in [0.15, 0.2) is 0 Å². The molecule has 1 saturated heterocycles. The molecule has 0 aromatic heterocycles. The third kappa shape index (κ3) is 2.20. The predicted molar refractivity (Wildman–Crippen MR) is 80.9 cm³/mol. The van der Waals surface area contributed by atoms with Crippen LogP contribution in [0.1, 0.15) is 24.0 Å². The molecule has 1 aromatic rings. The van der Waals surface area contributed by atoms with Crippen LogP contribution in [0.25, 0.3) is 0 Å². The van der Waals surface area contributed by atoms with Gasteiger partial charge in [-0.05, 0) is 30.5 Å². The van der Waals surface area contributed by atoms with Gasteiger partial charge in [-0.25, -0.2) is 8.42 Å². The van der Waals surface area contributed by atoms with Gasteiger partial charge in [0, 0.05) is 24.8 Å². The average molecular weight is 370 g/mol. The van der Waals surface area contributed by atoms with Crippen LogP contribution in [-0.4, -0.2) is 26.0 Å². The van der Waals surface area contributed by atoms with E-state index in [9.17, 15) is 26.4 Å².